The monoisotopic (exact) mass is 443 g/mol. The number of hydrogen-bond donors (Lipinski definition) is 1. The van der Waals surface area contributed by atoms with Crippen LogP contribution in [0.1, 0.15) is 36.7 Å². The fourth-order valence-corrected chi connectivity index (χ4v) is 4.85. The largest absolute Gasteiger partial charge is 0.381 e. The highest BCUT2D eigenvalue weighted by Crippen LogP contribution is 2.31. The molecule has 32 heavy (non-hydrogen) atoms. The van der Waals surface area contributed by atoms with Gasteiger partial charge in [0.2, 0.25) is 5.95 Å². The molecule has 3 aliphatic rings. The summed E-state index contributed by atoms with van der Waals surface area (Å²) in [6.45, 7) is 1.84. The van der Waals surface area contributed by atoms with Crippen LogP contribution in [0.5, 0.6) is 0 Å². The summed E-state index contributed by atoms with van der Waals surface area (Å²) in [7, 11) is 0. The average molecular weight is 443 g/mol. The van der Waals surface area contributed by atoms with Crippen LogP contribution in [0.25, 0.3) is 23.2 Å². The van der Waals surface area contributed by atoms with Crippen LogP contribution in [-0.2, 0) is 11.2 Å². The average Bonchev–Trinajstić information content (AvgIpc) is 3.49. The Balaban J connectivity index is 1.56. The number of hydrogen-bond acceptors (Lipinski definition) is 6. The first-order chi connectivity index (χ1) is 15.6. The molecule has 168 valence electrons. The number of imidazole rings is 2. The lowest BCUT2D eigenvalue weighted by molar-refractivity contribution is 0.0697. The number of nitrogens with zero attached hydrogens (tertiary/aromatic N) is 6. The molecule has 3 aromatic heterocycles. The lowest BCUT2D eigenvalue weighted by Gasteiger charge is -2.23. The van der Waals surface area contributed by atoms with E-state index in [0.717, 1.165) is 0 Å². The van der Waals surface area contributed by atoms with Crippen molar-refractivity contribution in [3.05, 3.63) is 34.3 Å². The third-order valence-corrected chi connectivity index (χ3v) is 6.49. The van der Waals surface area contributed by atoms with Crippen molar-refractivity contribution in [2.75, 3.05) is 31.2 Å². The lowest BCUT2D eigenvalue weighted by atomic mass is 10.1. The zero-order chi connectivity index (χ0) is 21.8. The highest BCUT2D eigenvalue weighted by Gasteiger charge is 2.30. The molecular formula is C21H23F2N7O2. The zero-order valence-corrected chi connectivity index (χ0v) is 17.4. The molecule has 0 saturated carbocycles. The van der Waals surface area contributed by atoms with Gasteiger partial charge in [0, 0.05) is 32.2 Å². The molecule has 2 saturated heterocycles. The minimum absolute atomic E-state index is 0.0528. The van der Waals surface area contributed by atoms with Gasteiger partial charge in [0.05, 0.1) is 17.9 Å². The van der Waals surface area contributed by atoms with Gasteiger partial charge in [-0.2, -0.15) is 9.97 Å². The summed E-state index contributed by atoms with van der Waals surface area (Å²) in [5.74, 6) is 0.782. The van der Waals surface area contributed by atoms with E-state index in [1.165, 1.54) is 6.08 Å². The molecule has 0 amide bonds. The van der Waals surface area contributed by atoms with Crippen LogP contribution in [0.15, 0.2) is 17.2 Å². The molecule has 1 N–H and O–H groups in total. The topological polar surface area (TPSA) is 93.9 Å². The second-order valence-corrected chi connectivity index (χ2v) is 8.55. The summed E-state index contributed by atoms with van der Waals surface area (Å²) in [4.78, 5) is 31.5. The minimum atomic E-state index is -1.11. The maximum absolute atomic E-state index is 14.1. The quantitative estimate of drug-likeness (QED) is 0.667. The van der Waals surface area contributed by atoms with Gasteiger partial charge in [0.15, 0.2) is 11.5 Å². The predicted octanol–water partition coefficient (Wildman–Crippen LogP) is 2.11. The standard InChI is InChI=1S/C21H23F2N7O2/c22-12-1-2-15-16(9-12)29(11-24-15)20-26-18(28-6-3-13(23)10-28)17-19(27-20)30(21(31)25-17)14-4-7-32-8-5-14/h1-2,11-14H,3-10H2,(H,25,31). The van der Waals surface area contributed by atoms with Gasteiger partial charge in [-0.25, -0.2) is 18.6 Å². The van der Waals surface area contributed by atoms with E-state index in [4.69, 9.17) is 14.7 Å². The molecule has 9 nitrogen and oxygen atoms in total. The van der Waals surface area contributed by atoms with Crippen LogP contribution in [-0.4, -0.2) is 67.7 Å². The highest BCUT2D eigenvalue weighted by molar-refractivity contribution is 5.84. The van der Waals surface area contributed by atoms with Crippen molar-refractivity contribution in [2.45, 2.75) is 44.1 Å². The number of ether oxygens (including phenoxy) is 1. The maximum atomic E-state index is 14.1. The maximum Gasteiger partial charge on any atom is 0.328 e. The molecule has 6 rings (SSSR count). The molecule has 0 aromatic carbocycles. The molecule has 2 fully saturated rings. The lowest BCUT2D eigenvalue weighted by Crippen LogP contribution is -2.27. The van der Waals surface area contributed by atoms with Crippen LogP contribution in [0.3, 0.4) is 0 Å². The van der Waals surface area contributed by atoms with Gasteiger partial charge >= 0.3 is 5.69 Å². The predicted molar refractivity (Wildman–Crippen MR) is 114 cm³/mol. The minimum Gasteiger partial charge on any atom is -0.381 e. The number of halogens is 2. The summed E-state index contributed by atoms with van der Waals surface area (Å²) >= 11 is 0. The molecule has 0 radical (unpaired) electrons. The van der Waals surface area contributed by atoms with E-state index in [2.05, 4.69) is 9.97 Å². The van der Waals surface area contributed by atoms with E-state index in [-0.39, 0.29) is 24.7 Å². The molecule has 3 aromatic rings. The second kappa shape index (κ2) is 7.51. The third kappa shape index (κ3) is 3.14. The Morgan fingerprint density at radius 2 is 2.00 bits per heavy atom. The van der Waals surface area contributed by atoms with E-state index in [1.807, 2.05) is 4.90 Å². The van der Waals surface area contributed by atoms with Gasteiger partial charge in [-0.15, -0.1) is 0 Å². The number of fused-ring (bicyclic) bond motifs is 2. The van der Waals surface area contributed by atoms with Gasteiger partial charge in [-0.05, 0) is 31.4 Å². The molecule has 11 heteroatoms. The van der Waals surface area contributed by atoms with Crippen LogP contribution in [0.2, 0.25) is 0 Å². The molecule has 2 aliphatic heterocycles. The number of anilines is 1. The van der Waals surface area contributed by atoms with Gasteiger partial charge in [-0.3, -0.25) is 9.13 Å². The smallest absolute Gasteiger partial charge is 0.328 e. The van der Waals surface area contributed by atoms with E-state index < -0.39 is 12.3 Å². The van der Waals surface area contributed by atoms with Crippen molar-refractivity contribution in [3.8, 4) is 5.95 Å². The molecule has 2 unspecified atom stereocenters. The Labute approximate surface area is 181 Å². The summed E-state index contributed by atoms with van der Waals surface area (Å²) in [6, 6.07) is -0.0528. The number of nitrogens with one attached hydrogen (secondary N) is 1. The Bertz CT molecular complexity index is 1260. The number of alkyl halides is 2. The van der Waals surface area contributed by atoms with Crippen molar-refractivity contribution >= 4 is 23.1 Å². The fourth-order valence-electron chi connectivity index (χ4n) is 4.85. The van der Waals surface area contributed by atoms with Crippen molar-refractivity contribution in [2.24, 2.45) is 0 Å². The van der Waals surface area contributed by atoms with E-state index >= 15 is 0 Å². The third-order valence-electron chi connectivity index (χ3n) is 6.49. The van der Waals surface area contributed by atoms with Crippen LogP contribution < -0.4 is 10.6 Å². The first-order valence-corrected chi connectivity index (χ1v) is 11.0. The fraction of sp³-hybridized carbons (Fsp3) is 0.524. The molecule has 0 spiro atoms. The second-order valence-electron chi connectivity index (χ2n) is 8.55. The van der Waals surface area contributed by atoms with Gasteiger partial charge in [0.25, 0.3) is 0 Å². The Kier molecular flexibility index (Phi) is 4.60. The number of H-pyrrole nitrogens is 1. The van der Waals surface area contributed by atoms with Crippen LogP contribution >= 0.6 is 0 Å². The molecule has 0 bridgehead atoms. The zero-order valence-electron chi connectivity index (χ0n) is 17.4. The van der Waals surface area contributed by atoms with E-state index in [9.17, 15) is 13.6 Å². The highest BCUT2D eigenvalue weighted by atomic mass is 19.1. The number of aromatic nitrogens is 6. The van der Waals surface area contributed by atoms with Crippen LogP contribution in [0.4, 0.5) is 14.6 Å². The molecular weight excluding hydrogens is 420 g/mol. The number of allylic oxidation sites excluding steroid dienone is 1. The van der Waals surface area contributed by atoms with E-state index in [1.54, 1.807) is 21.5 Å². The molecule has 2 atom stereocenters. The van der Waals surface area contributed by atoms with Gasteiger partial charge < -0.3 is 14.6 Å². The van der Waals surface area contributed by atoms with Gasteiger partial charge in [-0.1, -0.05) is 0 Å². The number of aromatic amines is 1. The SMILES string of the molecule is O=c1[nH]c2c(N3CCC(F)C3)nc(-n3cnc4c3CC(F)C=C4)nc2n1C1CCOCC1. The van der Waals surface area contributed by atoms with Crippen molar-refractivity contribution in [1.29, 1.82) is 0 Å². The van der Waals surface area contributed by atoms with Crippen molar-refractivity contribution < 1.29 is 13.5 Å². The number of rotatable bonds is 3. The summed E-state index contributed by atoms with van der Waals surface area (Å²) in [5, 5.41) is 0. The van der Waals surface area contributed by atoms with Gasteiger partial charge in [0.1, 0.15) is 24.2 Å². The van der Waals surface area contributed by atoms with Crippen molar-refractivity contribution in [1.82, 2.24) is 29.1 Å². The molecule has 5 heterocycles. The Hall–Kier alpha value is -3.08. The van der Waals surface area contributed by atoms with Crippen LogP contribution in [0, 0.1) is 0 Å². The summed E-state index contributed by atoms with van der Waals surface area (Å²) in [5.41, 5.74) is 2.04. The molecule has 1 aliphatic carbocycles. The first-order valence-electron chi connectivity index (χ1n) is 11.0. The van der Waals surface area contributed by atoms with E-state index in [0.29, 0.717) is 73.3 Å². The summed E-state index contributed by atoms with van der Waals surface area (Å²) < 4.78 is 36.9. The first kappa shape index (κ1) is 19.6. The summed E-state index contributed by atoms with van der Waals surface area (Å²) in [6.07, 6.45) is 4.62. The Morgan fingerprint density at radius 1 is 1.16 bits per heavy atom. The normalized spacial score (nSPS) is 23.9. The van der Waals surface area contributed by atoms with Crippen molar-refractivity contribution in [3.63, 3.8) is 0 Å². The Morgan fingerprint density at radius 3 is 2.78 bits per heavy atom.